The van der Waals surface area contributed by atoms with E-state index in [0.717, 1.165) is 0 Å². The number of rotatable bonds is 6. The molecule has 1 aromatic carbocycles. The van der Waals surface area contributed by atoms with Crippen molar-refractivity contribution in [2.24, 2.45) is 0 Å². The lowest BCUT2D eigenvalue weighted by molar-refractivity contribution is -0.133. The largest absolute Gasteiger partial charge is 0.348 e. The van der Waals surface area contributed by atoms with Crippen LogP contribution in [0.2, 0.25) is 0 Å². The third-order valence-corrected chi connectivity index (χ3v) is 4.61. The van der Waals surface area contributed by atoms with Crippen LogP contribution in [0.1, 0.15) is 41.0 Å². The summed E-state index contributed by atoms with van der Waals surface area (Å²) in [7, 11) is 0. The zero-order chi connectivity index (χ0) is 20.1. The third kappa shape index (κ3) is 4.53. The summed E-state index contributed by atoms with van der Waals surface area (Å²) in [4.78, 5) is 31.0. The molecule has 28 heavy (non-hydrogen) atoms. The average Bonchev–Trinajstić information content (AvgIpc) is 3.34. The fraction of sp³-hybridized carbons (Fsp3) is 0.421. The number of aromatic nitrogens is 2. The quantitative estimate of drug-likeness (QED) is 0.756. The van der Waals surface area contributed by atoms with E-state index in [1.807, 2.05) is 13.0 Å². The molecule has 2 amide bonds. The minimum atomic E-state index is -0.385. The first-order valence-electron chi connectivity index (χ1n) is 9.12. The zero-order valence-electron chi connectivity index (χ0n) is 15.8. The Hall–Kier alpha value is -3.25. The van der Waals surface area contributed by atoms with Gasteiger partial charge < -0.3 is 20.1 Å². The van der Waals surface area contributed by atoms with E-state index in [-0.39, 0.29) is 30.4 Å². The van der Waals surface area contributed by atoms with Gasteiger partial charge in [0.2, 0.25) is 11.8 Å². The molecule has 2 N–H and O–H groups in total. The van der Waals surface area contributed by atoms with Gasteiger partial charge in [-0.2, -0.15) is 10.2 Å². The summed E-state index contributed by atoms with van der Waals surface area (Å²) in [5.41, 5.74) is 0.858. The Morgan fingerprint density at radius 1 is 1.46 bits per heavy atom. The van der Waals surface area contributed by atoms with Gasteiger partial charge in [0.05, 0.1) is 24.2 Å². The SMILES string of the molecule is CCN(Cc1noc(C)n1)C(=O)[C@@H]1C[C@@H](NC(=O)c2cccc(C#N)c2)CN1. The van der Waals surface area contributed by atoms with Gasteiger partial charge in [-0.25, -0.2) is 0 Å². The molecule has 1 aliphatic heterocycles. The van der Waals surface area contributed by atoms with E-state index < -0.39 is 0 Å². The van der Waals surface area contributed by atoms with Crippen molar-refractivity contribution in [2.45, 2.75) is 38.9 Å². The fourth-order valence-electron chi connectivity index (χ4n) is 3.17. The second-order valence-corrected chi connectivity index (χ2v) is 6.64. The van der Waals surface area contributed by atoms with Gasteiger partial charge in [0.15, 0.2) is 5.82 Å². The van der Waals surface area contributed by atoms with Gasteiger partial charge in [0.1, 0.15) is 0 Å². The Bertz CT molecular complexity index is 903. The smallest absolute Gasteiger partial charge is 0.251 e. The number of hydrogen-bond acceptors (Lipinski definition) is 7. The first-order chi connectivity index (χ1) is 13.5. The van der Waals surface area contributed by atoms with Crippen molar-refractivity contribution in [3.63, 3.8) is 0 Å². The van der Waals surface area contributed by atoms with Gasteiger partial charge in [-0.3, -0.25) is 9.59 Å². The molecule has 1 fully saturated rings. The first-order valence-corrected chi connectivity index (χ1v) is 9.12. The number of likely N-dealkylation sites (N-methyl/N-ethyl adjacent to an activating group) is 1. The van der Waals surface area contributed by atoms with E-state index in [0.29, 0.717) is 42.4 Å². The van der Waals surface area contributed by atoms with Crippen LogP contribution in [0.5, 0.6) is 0 Å². The molecule has 2 aromatic rings. The van der Waals surface area contributed by atoms with Crippen molar-refractivity contribution in [3.8, 4) is 6.07 Å². The van der Waals surface area contributed by atoms with E-state index in [2.05, 4.69) is 20.8 Å². The molecule has 146 valence electrons. The summed E-state index contributed by atoms with van der Waals surface area (Å²) >= 11 is 0. The minimum absolute atomic E-state index is 0.0619. The monoisotopic (exact) mass is 382 g/mol. The lowest BCUT2D eigenvalue weighted by Crippen LogP contribution is -2.43. The highest BCUT2D eigenvalue weighted by Crippen LogP contribution is 2.13. The summed E-state index contributed by atoms with van der Waals surface area (Å²) < 4.78 is 4.95. The molecule has 2 atom stereocenters. The van der Waals surface area contributed by atoms with Gasteiger partial charge in [-0.05, 0) is 31.5 Å². The maximum absolute atomic E-state index is 12.8. The van der Waals surface area contributed by atoms with Gasteiger partial charge in [-0.1, -0.05) is 11.2 Å². The minimum Gasteiger partial charge on any atom is -0.348 e. The molecule has 0 aliphatic carbocycles. The number of nitrogens with one attached hydrogen (secondary N) is 2. The number of nitriles is 1. The molecular weight excluding hydrogens is 360 g/mol. The lowest BCUT2D eigenvalue weighted by atomic mass is 10.1. The number of carbonyl (C=O) groups excluding carboxylic acids is 2. The van der Waals surface area contributed by atoms with Crippen LogP contribution < -0.4 is 10.6 Å². The standard InChI is InChI=1S/C19H22N6O3/c1-3-25(11-17-22-12(2)28-24-17)19(27)16-8-15(10-21-16)23-18(26)14-6-4-5-13(7-14)9-20/h4-7,15-16,21H,3,8,10-11H2,1-2H3,(H,23,26)/t15-,16+/m1/s1. The molecule has 2 heterocycles. The highest BCUT2D eigenvalue weighted by atomic mass is 16.5. The maximum atomic E-state index is 12.8. The highest BCUT2D eigenvalue weighted by molar-refractivity contribution is 5.94. The van der Waals surface area contributed by atoms with Crippen LogP contribution in [0, 0.1) is 18.3 Å². The molecule has 0 unspecified atom stereocenters. The van der Waals surface area contributed by atoms with Crippen LogP contribution in [-0.2, 0) is 11.3 Å². The zero-order valence-corrected chi connectivity index (χ0v) is 15.8. The van der Waals surface area contributed by atoms with E-state index in [1.165, 1.54) is 0 Å². The molecular formula is C19H22N6O3. The molecule has 1 aromatic heterocycles. The van der Waals surface area contributed by atoms with Crippen molar-refractivity contribution in [2.75, 3.05) is 13.1 Å². The Balaban J connectivity index is 1.57. The molecule has 1 aliphatic rings. The Labute approximate surface area is 162 Å². The molecule has 0 radical (unpaired) electrons. The predicted octanol–water partition coefficient (Wildman–Crippen LogP) is 0.759. The number of nitrogens with zero attached hydrogens (tertiary/aromatic N) is 4. The average molecular weight is 382 g/mol. The molecule has 9 nitrogen and oxygen atoms in total. The predicted molar refractivity (Wildman–Crippen MR) is 98.9 cm³/mol. The van der Waals surface area contributed by atoms with Crippen molar-refractivity contribution in [1.82, 2.24) is 25.7 Å². The van der Waals surface area contributed by atoms with Crippen molar-refractivity contribution in [3.05, 3.63) is 47.1 Å². The highest BCUT2D eigenvalue weighted by Gasteiger charge is 2.33. The van der Waals surface area contributed by atoms with Crippen LogP contribution in [0.25, 0.3) is 0 Å². The first kappa shape index (κ1) is 19.5. The van der Waals surface area contributed by atoms with Crippen LogP contribution in [0.3, 0.4) is 0 Å². The fourth-order valence-corrected chi connectivity index (χ4v) is 3.17. The number of benzene rings is 1. The second kappa shape index (κ2) is 8.63. The Morgan fingerprint density at radius 2 is 2.29 bits per heavy atom. The Kier molecular flexibility index (Phi) is 6.01. The summed E-state index contributed by atoms with van der Waals surface area (Å²) in [5, 5.41) is 18.9. The number of amides is 2. The van der Waals surface area contributed by atoms with Crippen LogP contribution in [0.4, 0.5) is 0 Å². The second-order valence-electron chi connectivity index (χ2n) is 6.64. The summed E-state index contributed by atoms with van der Waals surface area (Å²) in [5.74, 6) is 0.605. The molecule has 0 bridgehead atoms. The third-order valence-electron chi connectivity index (χ3n) is 4.61. The number of hydrogen-bond donors (Lipinski definition) is 2. The number of carbonyl (C=O) groups is 2. The maximum Gasteiger partial charge on any atom is 0.251 e. The topological polar surface area (TPSA) is 124 Å². The molecule has 0 saturated carbocycles. The van der Waals surface area contributed by atoms with Gasteiger partial charge in [0, 0.05) is 31.6 Å². The van der Waals surface area contributed by atoms with E-state index in [4.69, 9.17) is 9.78 Å². The normalized spacial score (nSPS) is 18.5. The van der Waals surface area contributed by atoms with Crippen LogP contribution in [0.15, 0.2) is 28.8 Å². The molecule has 0 spiro atoms. The van der Waals surface area contributed by atoms with E-state index >= 15 is 0 Å². The van der Waals surface area contributed by atoms with Gasteiger partial charge in [0.25, 0.3) is 5.91 Å². The van der Waals surface area contributed by atoms with E-state index in [1.54, 1.807) is 36.1 Å². The summed E-state index contributed by atoms with van der Waals surface area (Å²) in [6.07, 6.45) is 0.490. The Morgan fingerprint density at radius 3 is 2.96 bits per heavy atom. The van der Waals surface area contributed by atoms with Crippen LogP contribution in [-0.4, -0.2) is 52.0 Å². The number of aryl methyl sites for hydroxylation is 1. The van der Waals surface area contributed by atoms with Crippen molar-refractivity contribution < 1.29 is 14.1 Å². The van der Waals surface area contributed by atoms with E-state index in [9.17, 15) is 9.59 Å². The molecule has 3 rings (SSSR count). The lowest BCUT2D eigenvalue weighted by Gasteiger charge is -2.23. The van der Waals surface area contributed by atoms with Crippen LogP contribution >= 0.6 is 0 Å². The molecule has 9 heteroatoms. The molecule has 1 saturated heterocycles. The van der Waals surface area contributed by atoms with Gasteiger partial charge >= 0.3 is 0 Å². The van der Waals surface area contributed by atoms with Crippen molar-refractivity contribution in [1.29, 1.82) is 5.26 Å². The van der Waals surface area contributed by atoms with Crippen molar-refractivity contribution >= 4 is 11.8 Å². The van der Waals surface area contributed by atoms with Gasteiger partial charge in [-0.15, -0.1) is 0 Å². The summed E-state index contributed by atoms with van der Waals surface area (Å²) in [6.45, 7) is 4.89. The summed E-state index contributed by atoms with van der Waals surface area (Å²) in [6, 6.07) is 7.99.